The lowest BCUT2D eigenvalue weighted by Gasteiger charge is -2.14. The fourth-order valence-electron chi connectivity index (χ4n) is 2.37. The quantitative estimate of drug-likeness (QED) is 0.691. The van der Waals surface area contributed by atoms with Crippen molar-refractivity contribution in [1.29, 1.82) is 0 Å². The number of hydrogen-bond acceptors (Lipinski definition) is 5. The number of rotatable bonds is 8. The van der Waals surface area contributed by atoms with Crippen LogP contribution in [0.15, 0.2) is 42.5 Å². The number of methoxy groups -OCH3 is 2. The minimum absolute atomic E-state index is 0.147. The highest BCUT2D eigenvalue weighted by atomic mass is 35.5. The van der Waals surface area contributed by atoms with Crippen molar-refractivity contribution in [2.24, 2.45) is 0 Å². The number of carbonyl (C=O) groups is 2. The highest BCUT2D eigenvalue weighted by Crippen LogP contribution is 2.28. The number of carbonyl (C=O) groups excluding carboxylic acids is 2. The lowest BCUT2D eigenvalue weighted by atomic mass is 10.1. The number of amides is 1. The van der Waals surface area contributed by atoms with Crippen LogP contribution in [0.5, 0.6) is 11.5 Å². The topological polar surface area (TPSA) is 73.9 Å². The summed E-state index contributed by atoms with van der Waals surface area (Å²) in [5, 5.41) is 3.24. The molecular formula is C20H22ClNO5. The van der Waals surface area contributed by atoms with E-state index in [9.17, 15) is 9.59 Å². The van der Waals surface area contributed by atoms with Crippen molar-refractivity contribution >= 4 is 29.2 Å². The molecule has 27 heavy (non-hydrogen) atoms. The van der Waals surface area contributed by atoms with Gasteiger partial charge in [-0.1, -0.05) is 17.7 Å². The van der Waals surface area contributed by atoms with Crippen LogP contribution in [0.1, 0.15) is 18.9 Å². The maximum Gasteiger partial charge on any atom is 0.306 e. The molecule has 0 aliphatic carbocycles. The zero-order valence-electron chi connectivity index (χ0n) is 15.5. The third-order valence-corrected chi connectivity index (χ3v) is 4.11. The van der Waals surface area contributed by atoms with Crippen LogP contribution >= 0.6 is 11.6 Å². The van der Waals surface area contributed by atoms with Gasteiger partial charge in [0.05, 0.1) is 14.2 Å². The van der Waals surface area contributed by atoms with E-state index in [2.05, 4.69) is 5.32 Å². The molecule has 0 radical (unpaired) electrons. The Balaban J connectivity index is 1.84. The molecule has 144 valence electrons. The third-order valence-electron chi connectivity index (χ3n) is 3.85. The van der Waals surface area contributed by atoms with E-state index >= 15 is 0 Å². The Morgan fingerprint density at radius 2 is 1.70 bits per heavy atom. The molecule has 0 aliphatic rings. The summed E-state index contributed by atoms with van der Waals surface area (Å²) in [6.45, 7) is 1.53. The molecule has 2 rings (SSSR count). The van der Waals surface area contributed by atoms with E-state index in [0.29, 0.717) is 28.6 Å². The average molecular weight is 392 g/mol. The van der Waals surface area contributed by atoms with Gasteiger partial charge in [0.2, 0.25) is 0 Å². The standard InChI is InChI=1S/C20H22ClNO5/c1-13(20(24)22-16-8-6-15(21)7-9-16)27-19(23)11-5-14-4-10-17(25-2)18(12-14)26-3/h4,6-10,12-13H,5,11H2,1-3H3,(H,22,24)/t13-/m0/s1. The molecule has 0 bridgehead atoms. The van der Waals surface area contributed by atoms with Crippen molar-refractivity contribution in [2.75, 3.05) is 19.5 Å². The summed E-state index contributed by atoms with van der Waals surface area (Å²) in [4.78, 5) is 24.1. The smallest absolute Gasteiger partial charge is 0.306 e. The summed E-state index contributed by atoms with van der Waals surface area (Å²) in [7, 11) is 3.11. The van der Waals surface area contributed by atoms with Gasteiger partial charge >= 0.3 is 5.97 Å². The Morgan fingerprint density at radius 3 is 2.33 bits per heavy atom. The van der Waals surface area contributed by atoms with E-state index < -0.39 is 18.0 Å². The van der Waals surface area contributed by atoms with Gasteiger partial charge in [-0.25, -0.2) is 0 Å². The largest absolute Gasteiger partial charge is 0.493 e. The van der Waals surface area contributed by atoms with Crippen molar-refractivity contribution in [2.45, 2.75) is 25.9 Å². The minimum Gasteiger partial charge on any atom is -0.493 e. The summed E-state index contributed by atoms with van der Waals surface area (Å²) in [5.41, 5.74) is 1.49. The predicted octanol–water partition coefficient (Wildman–Crippen LogP) is 3.86. The Kier molecular flexibility index (Phi) is 7.49. The van der Waals surface area contributed by atoms with Crippen LogP contribution in [0.25, 0.3) is 0 Å². The van der Waals surface area contributed by atoms with Crippen molar-refractivity contribution in [1.82, 2.24) is 0 Å². The molecule has 1 atom stereocenters. The molecule has 0 fully saturated rings. The monoisotopic (exact) mass is 391 g/mol. The Morgan fingerprint density at radius 1 is 1.04 bits per heavy atom. The second-order valence-electron chi connectivity index (χ2n) is 5.82. The summed E-state index contributed by atoms with van der Waals surface area (Å²) >= 11 is 5.80. The molecule has 0 unspecified atom stereocenters. The zero-order valence-corrected chi connectivity index (χ0v) is 16.2. The number of aryl methyl sites for hydroxylation is 1. The first-order chi connectivity index (χ1) is 12.9. The highest BCUT2D eigenvalue weighted by molar-refractivity contribution is 6.30. The minimum atomic E-state index is -0.904. The summed E-state index contributed by atoms with van der Waals surface area (Å²) < 4.78 is 15.6. The van der Waals surface area contributed by atoms with Gasteiger partial charge < -0.3 is 19.5 Å². The number of esters is 1. The molecule has 0 saturated carbocycles. The molecule has 0 aromatic heterocycles. The second kappa shape index (κ2) is 9.83. The van der Waals surface area contributed by atoms with Crippen LogP contribution in [0, 0.1) is 0 Å². The van der Waals surface area contributed by atoms with Gasteiger partial charge in [-0.05, 0) is 55.3 Å². The normalized spacial score (nSPS) is 11.4. The lowest BCUT2D eigenvalue weighted by Crippen LogP contribution is -2.30. The number of anilines is 1. The van der Waals surface area contributed by atoms with Crippen molar-refractivity contribution < 1.29 is 23.8 Å². The highest BCUT2D eigenvalue weighted by Gasteiger charge is 2.18. The first-order valence-corrected chi connectivity index (χ1v) is 8.77. The molecule has 0 spiro atoms. The van der Waals surface area contributed by atoms with Crippen LogP contribution in [-0.2, 0) is 20.7 Å². The molecule has 2 aromatic carbocycles. The summed E-state index contributed by atoms with van der Waals surface area (Å²) in [5.74, 6) is 0.357. The predicted molar refractivity (Wildman–Crippen MR) is 104 cm³/mol. The van der Waals surface area contributed by atoms with Crippen molar-refractivity contribution in [3.05, 3.63) is 53.1 Å². The van der Waals surface area contributed by atoms with Gasteiger partial charge in [-0.2, -0.15) is 0 Å². The van der Waals surface area contributed by atoms with Crippen molar-refractivity contribution in [3.8, 4) is 11.5 Å². The van der Waals surface area contributed by atoms with Crippen LogP contribution in [0.4, 0.5) is 5.69 Å². The molecule has 2 aromatic rings. The first-order valence-electron chi connectivity index (χ1n) is 8.39. The molecule has 0 aliphatic heterocycles. The molecule has 1 N–H and O–H groups in total. The summed E-state index contributed by atoms with van der Waals surface area (Å²) in [6, 6.07) is 12.1. The number of benzene rings is 2. The number of ether oxygens (including phenoxy) is 3. The number of halogens is 1. The van der Waals surface area contributed by atoms with Crippen LogP contribution < -0.4 is 14.8 Å². The van der Waals surface area contributed by atoms with E-state index in [1.165, 1.54) is 6.92 Å². The van der Waals surface area contributed by atoms with Crippen LogP contribution in [0.2, 0.25) is 5.02 Å². The van der Waals surface area contributed by atoms with Gasteiger partial charge in [0.25, 0.3) is 5.91 Å². The van der Waals surface area contributed by atoms with Crippen LogP contribution in [0.3, 0.4) is 0 Å². The molecule has 1 amide bonds. The fraction of sp³-hybridized carbons (Fsp3) is 0.300. The Bertz CT molecular complexity index is 791. The molecule has 7 heteroatoms. The molecule has 6 nitrogen and oxygen atoms in total. The third kappa shape index (κ3) is 6.18. The van der Waals surface area contributed by atoms with E-state index in [0.717, 1.165) is 5.56 Å². The van der Waals surface area contributed by atoms with Crippen molar-refractivity contribution in [3.63, 3.8) is 0 Å². The van der Waals surface area contributed by atoms with Gasteiger partial charge in [0, 0.05) is 17.1 Å². The second-order valence-corrected chi connectivity index (χ2v) is 6.25. The number of hydrogen-bond donors (Lipinski definition) is 1. The summed E-state index contributed by atoms with van der Waals surface area (Å²) in [6.07, 6.45) is -0.294. The molecule has 0 heterocycles. The maximum absolute atomic E-state index is 12.1. The fourth-order valence-corrected chi connectivity index (χ4v) is 2.50. The zero-order chi connectivity index (χ0) is 19.8. The van der Waals surface area contributed by atoms with Gasteiger partial charge in [0.1, 0.15) is 0 Å². The van der Waals surface area contributed by atoms with Crippen LogP contribution in [-0.4, -0.2) is 32.2 Å². The Labute approximate surface area is 163 Å². The Hall–Kier alpha value is -2.73. The van der Waals surface area contributed by atoms with Gasteiger partial charge in [-0.3, -0.25) is 9.59 Å². The lowest BCUT2D eigenvalue weighted by molar-refractivity contribution is -0.153. The maximum atomic E-state index is 12.1. The SMILES string of the molecule is COc1ccc(CCC(=O)O[C@@H](C)C(=O)Nc2ccc(Cl)cc2)cc1OC. The van der Waals surface area contributed by atoms with Gasteiger partial charge in [0.15, 0.2) is 17.6 Å². The van der Waals surface area contributed by atoms with E-state index in [4.69, 9.17) is 25.8 Å². The first kappa shape index (κ1) is 20.6. The number of nitrogens with one attached hydrogen (secondary N) is 1. The van der Waals surface area contributed by atoms with Gasteiger partial charge in [-0.15, -0.1) is 0 Å². The molecular weight excluding hydrogens is 370 g/mol. The van der Waals surface area contributed by atoms with E-state index in [1.807, 2.05) is 12.1 Å². The van der Waals surface area contributed by atoms with E-state index in [-0.39, 0.29) is 6.42 Å². The average Bonchev–Trinajstić information content (AvgIpc) is 2.67. The molecule has 0 saturated heterocycles. The van der Waals surface area contributed by atoms with E-state index in [1.54, 1.807) is 44.6 Å².